The third kappa shape index (κ3) is 3.16. The number of carboxylic acid groups (broad SMARTS) is 1. The van der Waals surface area contributed by atoms with Crippen molar-refractivity contribution in [3.05, 3.63) is 64.4 Å². The van der Waals surface area contributed by atoms with Gasteiger partial charge in [-0.15, -0.1) is 0 Å². The molecule has 0 aliphatic rings. The summed E-state index contributed by atoms with van der Waals surface area (Å²) in [5.74, 6) is -1.61. The van der Waals surface area contributed by atoms with E-state index in [1.54, 1.807) is 6.07 Å². The second kappa shape index (κ2) is 5.74. The molecular weight excluding hydrogens is 293 g/mol. The minimum atomic E-state index is -1.46. The van der Waals surface area contributed by atoms with Crippen LogP contribution >= 0.6 is 11.6 Å². The van der Waals surface area contributed by atoms with Crippen molar-refractivity contribution >= 4 is 23.3 Å². The summed E-state index contributed by atoms with van der Waals surface area (Å²) in [6, 6.07) is 11.0. The number of halogens is 2. The Morgan fingerprint density at radius 2 is 2.00 bits per heavy atom. The van der Waals surface area contributed by atoms with Crippen LogP contribution in [0, 0.1) is 12.7 Å². The van der Waals surface area contributed by atoms with Gasteiger partial charge >= 0.3 is 5.97 Å². The molecule has 3 nitrogen and oxygen atoms in total. The van der Waals surface area contributed by atoms with Crippen LogP contribution in [0.2, 0.25) is 5.02 Å². The molecule has 2 aromatic carbocycles. The molecule has 21 heavy (non-hydrogen) atoms. The van der Waals surface area contributed by atoms with Crippen LogP contribution in [-0.4, -0.2) is 11.1 Å². The number of carbonyl (C=O) groups is 1. The van der Waals surface area contributed by atoms with Gasteiger partial charge in [0.15, 0.2) is 5.54 Å². The highest BCUT2D eigenvalue weighted by atomic mass is 35.5. The summed E-state index contributed by atoms with van der Waals surface area (Å²) in [5, 5.41) is 12.6. The van der Waals surface area contributed by atoms with E-state index in [0.29, 0.717) is 11.3 Å². The summed E-state index contributed by atoms with van der Waals surface area (Å²) >= 11 is 6.01. The van der Waals surface area contributed by atoms with Crippen LogP contribution in [0.25, 0.3) is 0 Å². The number of benzene rings is 2. The second-order valence-corrected chi connectivity index (χ2v) is 5.46. The Morgan fingerprint density at radius 1 is 1.29 bits per heavy atom. The fourth-order valence-corrected chi connectivity index (χ4v) is 2.50. The van der Waals surface area contributed by atoms with Gasteiger partial charge in [0, 0.05) is 16.3 Å². The Kier molecular flexibility index (Phi) is 4.19. The van der Waals surface area contributed by atoms with Gasteiger partial charge in [-0.25, -0.2) is 9.18 Å². The number of aryl methyl sites for hydroxylation is 1. The quantitative estimate of drug-likeness (QED) is 0.890. The fraction of sp³-hybridized carbons (Fsp3) is 0.188. The predicted octanol–water partition coefficient (Wildman–Crippen LogP) is 4.20. The summed E-state index contributed by atoms with van der Waals surface area (Å²) in [6.45, 7) is 3.41. The zero-order chi connectivity index (χ0) is 15.6. The van der Waals surface area contributed by atoms with Crippen LogP contribution in [0.1, 0.15) is 18.1 Å². The van der Waals surface area contributed by atoms with E-state index >= 15 is 0 Å². The van der Waals surface area contributed by atoms with Gasteiger partial charge in [0.1, 0.15) is 5.82 Å². The Bertz CT molecular complexity index is 690. The molecule has 0 aliphatic carbocycles. The maximum Gasteiger partial charge on any atom is 0.333 e. The van der Waals surface area contributed by atoms with E-state index in [-0.39, 0.29) is 5.02 Å². The van der Waals surface area contributed by atoms with Gasteiger partial charge in [-0.3, -0.25) is 0 Å². The van der Waals surface area contributed by atoms with Crippen molar-refractivity contribution < 1.29 is 14.3 Å². The summed E-state index contributed by atoms with van der Waals surface area (Å²) in [4.78, 5) is 11.7. The fourth-order valence-electron chi connectivity index (χ4n) is 2.14. The zero-order valence-electron chi connectivity index (χ0n) is 11.7. The van der Waals surface area contributed by atoms with Crippen LogP contribution in [0.5, 0.6) is 0 Å². The van der Waals surface area contributed by atoms with Crippen LogP contribution in [0.4, 0.5) is 10.1 Å². The number of carboxylic acids is 1. The molecule has 2 N–H and O–H groups in total. The summed E-state index contributed by atoms with van der Waals surface area (Å²) in [5.41, 5.74) is 0.497. The van der Waals surface area contributed by atoms with Crippen molar-refractivity contribution in [2.75, 3.05) is 5.32 Å². The number of anilines is 1. The molecular formula is C16H15ClFNO2. The van der Waals surface area contributed by atoms with Crippen molar-refractivity contribution in [2.45, 2.75) is 19.4 Å². The predicted molar refractivity (Wildman–Crippen MR) is 81.2 cm³/mol. The molecule has 0 radical (unpaired) electrons. The van der Waals surface area contributed by atoms with E-state index < -0.39 is 17.3 Å². The highest BCUT2D eigenvalue weighted by Gasteiger charge is 2.37. The monoisotopic (exact) mass is 307 g/mol. The molecule has 0 heterocycles. The standard InChI is InChI=1S/C16H15ClFNO2/c1-10-4-3-5-12(8-10)19-16(2,15(20)21)13-7-6-11(18)9-14(13)17/h3-9,19H,1-2H3,(H,20,21). The van der Waals surface area contributed by atoms with Crippen molar-refractivity contribution in [1.29, 1.82) is 0 Å². The highest BCUT2D eigenvalue weighted by molar-refractivity contribution is 6.31. The highest BCUT2D eigenvalue weighted by Crippen LogP contribution is 2.32. The molecule has 0 amide bonds. The van der Waals surface area contributed by atoms with Crippen LogP contribution < -0.4 is 5.32 Å². The van der Waals surface area contributed by atoms with E-state index in [2.05, 4.69) is 5.32 Å². The average molecular weight is 308 g/mol. The molecule has 0 aromatic heterocycles. The van der Waals surface area contributed by atoms with Gasteiger partial charge in [-0.05, 0) is 43.7 Å². The molecule has 110 valence electrons. The molecule has 0 fully saturated rings. The largest absolute Gasteiger partial charge is 0.479 e. The average Bonchev–Trinajstić information content (AvgIpc) is 2.38. The lowest BCUT2D eigenvalue weighted by molar-refractivity contribution is -0.142. The van der Waals surface area contributed by atoms with Crippen molar-refractivity contribution in [3.8, 4) is 0 Å². The minimum absolute atomic E-state index is 0.0695. The second-order valence-electron chi connectivity index (χ2n) is 5.05. The first-order chi connectivity index (χ1) is 9.83. The Morgan fingerprint density at radius 3 is 2.57 bits per heavy atom. The first-order valence-electron chi connectivity index (χ1n) is 6.37. The number of rotatable bonds is 4. The molecule has 0 saturated carbocycles. The molecule has 0 aliphatic heterocycles. The Hall–Kier alpha value is -2.07. The van der Waals surface area contributed by atoms with Gasteiger partial charge in [0.25, 0.3) is 0 Å². The molecule has 2 rings (SSSR count). The van der Waals surface area contributed by atoms with E-state index in [1.165, 1.54) is 19.1 Å². The van der Waals surface area contributed by atoms with Crippen molar-refractivity contribution in [2.24, 2.45) is 0 Å². The van der Waals surface area contributed by atoms with Crippen LogP contribution in [-0.2, 0) is 10.3 Å². The van der Waals surface area contributed by atoms with Crippen LogP contribution in [0.3, 0.4) is 0 Å². The summed E-state index contributed by atoms with van der Waals surface area (Å²) in [7, 11) is 0. The summed E-state index contributed by atoms with van der Waals surface area (Å²) in [6.07, 6.45) is 0. The molecule has 0 bridgehead atoms. The lowest BCUT2D eigenvalue weighted by Crippen LogP contribution is -2.40. The third-order valence-corrected chi connectivity index (χ3v) is 3.62. The van der Waals surface area contributed by atoms with E-state index in [0.717, 1.165) is 11.6 Å². The summed E-state index contributed by atoms with van der Waals surface area (Å²) < 4.78 is 13.2. The molecule has 1 atom stereocenters. The van der Waals surface area contributed by atoms with Crippen molar-refractivity contribution in [3.63, 3.8) is 0 Å². The molecule has 0 spiro atoms. The smallest absolute Gasteiger partial charge is 0.333 e. The number of aliphatic carboxylic acids is 1. The van der Waals surface area contributed by atoms with Gasteiger partial charge < -0.3 is 10.4 Å². The molecule has 0 saturated heterocycles. The van der Waals surface area contributed by atoms with Crippen molar-refractivity contribution in [1.82, 2.24) is 0 Å². The first kappa shape index (κ1) is 15.3. The van der Waals surface area contributed by atoms with E-state index in [1.807, 2.05) is 25.1 Å². The SMILES string of the molecule is Cc1cccc(NC(C)(C(=O)O)c2ccc(F)cc2Cl)c1. The maximum absolute atomic E-state index is 13.2. The number of nitrogens with one attached hydrogen (secondary N) is 1. The zero-order valence-corrected chi connectivity index (χ0v) is 12.4. The van der Waals surface area contributed by atoms with Gasteiger partial charge in [-0.2, -0.15) is 0 Å². The maximum atomic E-state index is 13.2. The number of hydrogen-bond donors (Lipinski definition) is 2. The Labute approximate surface area is 127 Å². The van der Waals surface area contributed by atoms with Gasteiger partial charge in [-0.1, -0.05) is 29.8 Å². The third-order valence-electron chi connectivity index (χ3n) is 3.31. The van der Waals surface area contributed by atoms with Gasteiger partial charge in [0.2, 0.25) is 0 Å². The van der Waals surface area contributed by atoms with Crippen LogP contribution in [0.15, 0.2) is 42.5 Å². The van der Waals surface area contributed by atoms with E-state index in [9.17, 15) is 14.3 Å². The lowest BCUT2D eigenvalue weighted by atomic mass is 9.91. The Balaban J connectivity index is 2.48. The normalized spacial score (nSPS) is 13.5. The lowest BCUT2D eigenvalue weighted by Gasteiger charge is -2.29. The molecule has 1 unspecified atom stereocenters. The molecule has 2 aromatic rings. The van der Waals surface area contributed by atoms with E-state index in [4.69, 9.17) is 11.6 Å². The minimum Gasteiger partial charge on any atom is -0.479 e. The molecule has 5 heteroatoms. The number of hydrogen-bond acceptors (Lipinski definition) is 2. The van der Waals surface area contributed by atoms with Gasteiger partial charge in [0.05, 0.1) is 0 Å². The topological polar surface area (TPSA) is 49.3 Å². The first-order valence-corrected chi connectivity index (χ1v) is 6.74.